The van der Waals surface area contributed by atoms with E-state index in [-0.39, 0.29) is 17.9 Å². The van der Waals surface area contributed by atoms with Crippen LogP contribution >= 0.6 is 15.9 Å². The number of ether oxygens (including phenoxy) is 1. The van der Waals surface area contributed by atoms with Gasteiger partial charge in [0.15, 0.2) is 6.61 Å². The molecule has 1 aromatic rings. The van der Waals surface area contributed by atoms with Crippen molar-refractivity contribution in [3.63, 3.8) is 0 Å². The van der Waals surface area contributed by atoms with Crippen LogP contribution in [0.2, 0.25) is 0 Å². The Morgan fingerprint density at radius 1 is 1.32 bits per heavy atom. The lowest BCUT2D eigenvalue weighted by Gasteiger charge is -2.17. The summed E-state index contributed by atoms with van der Waals surface area (Å²) in [6.45, 7) is 7.95. The second-order valence-corrected chi connectivity index (χ2v) is 6.14. The van der Waals surface area contributed by atoms with E-state index in [0.717, 1.165) is 10.2 Å². The van der Waals surface area contributed by atoms with Gasteiger partial charge in [-0.2, -0.15) is 5.10 Å². The van der Waals surface area contributed by atoms with Crippen LogP contribution in [0.5, 0.6) is 5.75 Å². The molecule has 1 rings (SSSR count). The van der Waals surface area contributed by atoms with Gasteiger partial charge in [0.2, 0.25) is 0 Å². The number of nitrogens with one attached hydrogen (secondary N) is 1. The summed E-state index contributed by atoms with van der Waals surface area (Å²) < 4.78 is 6.31. The van der Waals surface area contributed by atoms with E-state index >= 15 is 0 Å². The fourth-order valence-electron chi connectivity index (χ4n) is 1.03. The summed E-state index contributed by atoms with van der Waals surface area (Å²) in [6, 6.07) is 7.30. The van der Waals surface area contributed by atoms with E-state index in [1.165, 1.54) is 0 Å². The first kappa shape index (κ1) is 15.7. The minimum absolute atomic E-state index is 0.0530. The van der Waals surface area contributed by atoms with Gasteiger partial charge in [0, 0.05) is 15.6 Å². The van der Waals surface area contributed by atoms with Crippen molar-refractivity contribution < 1.29 is 9.53 Å². The van der Waals surface area contributed by atoms with Gasteiger partial charge in [-0.15, -0.1) is 0 Å². The molecule has 0 unspecified atom stereocenters. The lowest BCUT2D eigenvalue weighted by Crippen LogP contribution is -2.28. The number of halogens is 1. The number of hydrogen-bond acceptors (Lipinski definition) is 3. The maximum Gasteiger partial charge on any atom is 0.277 e. The number of hydrogen-bond donors (Lipinski definition) is 1. The number of hydrazone groups is 1. The highest BCUT2D eigenvalue weighted by molar-refractivity contribution is 9.10. The number of benzene rings is 1. The van der Waals surface area contributed by atoms with Gasteiger partial charge >= 0.3 is 0 Å². The average Bonchev–Trinajstić information content (AvgIpc) is 2.34. The molecule has 0 aliphatic carbocycles. The molecule has 0 atom stereocenters. The maximum atomic E-state index is 11.6. The normalized spacial score (nSPS) is 12.2. The number of carbonyl (C=O) groups is 1. The first-order valence-electron chi connectivity index (χ1n) is 6.01. The zero-order valence-electron chi connectivity index (χ0n) is 11.7. The third kappa shape index (κ3) is 5.87. The first-order chi connectivity index (χ1) is 8.79. The Balaban J connectivity index is 2.42. The molecule has 0 heterocycles. The topological polar surface area (TPSA) is 50.7 Å². The molecular weight excluding hydrogens is 308 g/mol. The summed E-state index contributed by atoms with van der Waals surface area (Å²) in [6.07, 6.45) is 0. The van der Waals surface area contributed by atoms with E-state index in [4.69, 9.17) is 4.74 Å². The second-order valence-electron chi connectivity index (χ2n) is 5.22. The third-order valence-corrected chi connectivity index (χ3v) is 3.15. The molecule has 0 saturated carbocycles. The van der Waals surface area contributed by atoms with E-state index in [9.17, 15) is 4.79 Å². The van der Waals surface area contributed by atoms with Gasteiger partial charge in [-0.1, -0.05) is 36.7 Å². The van der Waals surface area contributed by atoms with Crippen molar-refractivity contribution in [2.45, 2.75) is 27.7 Å². The predicted molar refractivity (Wildman–Crippen MR) is 80.3 cm³/mol. The lowest BCUT2D eigenvalue weighted by molar-refractivity contribution is -0.123. The van der Waals surface area contributed by atoms with Crippen molar-refractivity contribution in [3.05, 3.63) is 28.7 Å². The quantitative estimate of drug-likeness (QED) is 0.681. The van der Waals surface area contributed by atoms with E-state index in [0.29, 0.717) is 5.75 Å². The van der Waals surface area contributed by atoms with Crippen LogP contribution in [0.1, 0.15) is 27.7 Å². The molecule has 0 fully saturated rings. The van der Waals surface area contributed by atoms with Gasteiger partial charge in [-0.25, -0.2) is 5.43 Å². The van der Waals surface area contributed by atoms with Crippen molar-refractivity contribution >= 4 is 27.5 Å². The highest BCUT2D eigenvalue weighted by Crippen LogP contribution is 2.16. The van der Waals surface area contributed by atoms with E-state index in [1.54, 1.807) is 12.1 Å². The largest absolute Gasteiger partial charge is 0.484 e. The minimum atomic E-state index is -0.272. The Bertz CT molecular complexity index is 461. The van der Waals surface area contributed by atoms with Crippen molar-refractivity contribution in [2.24, 2.45) is 10.5 Å². The highest BCUT2D eigenvalue weighted by atomic mass is 79.9. The summed E-state index contributed by atoms with van der Waals surface area (Å²) in [5.74, 6) is 0.376. The molecular formula is C14H19BrN2O2. The molecule has 0 spiro atoms. The van der Waals surface area contributed by atoms with E-state index < -0.39 is 0 Å². The molecule has 0 aliphatic heterocycles. The van der Waals surface area contributed by atoms with Crippen LogP contribution in [-0.2, 0) is 4.79 Å². The Labute approximate surface area is 122 Å². The van der Waals surface area contributed by atoms with Crippen molar-refractivity contribution in [3.8, 4) is 5.75 Å². The van der Waals surface area contributed by atoms with Crippen LogP contribution in [0.4, 0.5) is 0 Å². The molecule has 1 N–H and O–H groups in total. The molecule has 0 radical (unpaired) electrons. The average molecular weight is 327 g/mol. The third-order valence-electron chi connectivity index (χ3n) is 2.62. The molecule has 0 bridgehead atoms. The number of amides is 1. The zero-order valence-corrected chi connectivity index (χ0v) is 13.2. The van der Waals surface area contributed by atoms with Gasteiger partial charge in [0.05, 0.1) is 0 Å². The number of rotatable bonds is 4. The van der Waals surface area contributed by atoms with Crippen molar-refractivity contribution in [1.82, 2.24) is 5.43 Å². The van der Waals surface area contributed by atoms with Gasteiger partial charge in [0.1, 0.15) is 5.75 Å². The van der Waals surface area contributed by atoms with Crippen molar-refractivity contribution in [2.75, 3.05) is 6.61 Å². The molecule has 4 nitrogen and oxygen atoms in total. The number of carbonyl (C=O) groups excluding carboxylic acids is 1. The summed E-state index contributed by atoms with van der Waals surface area (Å²) in [5.41, 5.74) is 3.29. The van der Waals surface area contributed by atoms with Crippen LogP contribution in [0.3, 0.4) is 0 Å². The van der Waals surface area contributed by atoms with Gasteiger partial charge in [-0.3, -0.25) is 4.79 Å². The SMILES string of the molecule is CC(=NNC(=O)COc1ccc(Br)cc1)C(C)(C)C. The molecule has 0 aromatic heterocycles. The molecule has 5 heteroatoms. The maximum absolute atomic E-state index is 11.6. The fraction of sp³-hybridized carbons (Fsp3) is 0.429. The molecule has 0 saturated heterocycles. The summed E-state index contributed by atoms with van der Waals surface area (Å²) in [4.78, 5) is 11.6. The lowest BCUT2D eigenvalue weighted by atomic mass is 9.91. The fourth-order valence-corrected chi connectivity index (χ4v) is 1.29. The van der Waals surface area contributed by atoms with Gasteiger partial charge in [-0.05, 0) is 31.2 Å². The van der Waals surface area contributed by atoms with Crippen LogP contribution in [0.15, 0.2) is 33.8 Å². The van der Waals surface area contributed by atoms with Crippen molar-refractivity contribution in [1.29, 1.82) is 0 Å². The van der Waals surface area contributed by atoms with Crippen LogP contribution in [0, 0.1) is 5.41 Å². The molecule has 19 heavy (non-hydrogen) atoms. The monoisotopic (exact) mass is 326 g/mol. The van der Waals surface area contributed by atoms with Crippen LogP contribution in [-0.4, -0.2) is 18.2 Å². The summed E-state index contributed by atoms with van der Waals surface area (Å²) in [7, 11) is 0. The van der Waals surface area contributed by atoms with E-state index in [2.05, 4.69) is 26.5 Å². The minimum Gasteiger partial charge on any atom is -0.484 e. The number of nitrogens with zero attached hydrogens (tertiary/aromatic N) is 1. The Hall–Kier alpha value is -1.36. The van der Waals surface area contributed by atoms with Crippen LogP contribution < -0.4 is 10.2 Å². The molecule has 1 amide bonds. The highest BCUT2D eigenvalue weighted by Gasteiger charge is 2.14. The summed E-state index contributed by atoms with van der Waals surface area (Å²) >= 11 is 3.33. The molecule has 1 aromatic carbocycles. The van der Waals surface area contributed by atoms with Gasteiger partial charge < -0.3 is 4.74 Å². The molecule has 0 aliphatic rings. The Kier molecular flexibility index (Phi) is 5.54. The first-order valence-corrected chi connectivity index (χ1v) is 6.80. The second kappa shape index (κ2) is 6.70. The predicted octanol–water partition coefficient (Wildman–Crippen LogP) is 3.37. The Morgan fingerprint density at radius 2 is 1.89 bits per heavy atom. The summed E-state index contributed by atoms with van der Waals surface area (Å²) in [5, 5.41) is 4.05. The van der Waals surface area contributed by atoms with Gasteiger partial charge in [0.25, 0.3) is 5.91 Å². The standard InChI is InChI=1S/C14H19BrN2O2/c1-10(14(2,3)4)16-17-13(18)9-19-12-7-5-11(15)6-8-12/h5-8H,9H2,1-4H3,(H,17,18). The molecule has 104 valence electrons. The smallest absolute Gasteiger partial charge is 0.277 e. The Morgan fingerprint density at radius 3 is 2.42 bits per heavy atom. The zero-order chi connectivity index (χ0) is 14.5. The van der Waals surface area contributed by atoms with E-state index in [1.807, 2.05) is 39.8 Å². The van der Waals surface area contributed by atoms with Crippen LogP contribution in [0.25, 0.3) is 0 Å².